The van der Waals surface area contributed by atoms with Gasteiger partial charge in [-0.25, -0.2) is 4.39 Å². The highest BCUT2D eigenvalue weighted by molar-refractivity contribution is 6.30. The first-order chi connectivity index (χ1) is 10.0. The van der Waals surface area contributed by atoms with Gasteiger partial charge in [0.25, 0.3) is 0 Å². The lowest BCUT2D eigenvalue weighted by molar-refractivity contribution is 0.101. The Bertz CT molecular complexity index is 671. The van der Waals surface area contributed by atoms with Crippen LogP contribution in [0.1, 0.15) is 22.8 Å². The van der Waals surface area contributed by atoms with Gasteiger partial charge in [0.2, 0.25) is 0 Å². The Morgan fingerprint density at radius 3 is 2.62 bits per heavy atom. The lowest BCUT2D eigenvalue weighted by Gasteiger charge is -2.11. The van der Waals surface area contributed by atoms with E-state index in [1.165, 1.54) is 26.2 Å². The number of ether oxygens (including phenoxy) is 2. The van der Waals surface area contributed by atoms with Crippen LogP contribution in [0.15, 0.2) is 36.4 Å². The zero-order valence-electron chi connectivity index (χ0n) is 11.7. The average molecular weight is 309 g/mol. The maximum Gasteiger partial charge on any atom is 0.163 e. The number of Topliss-reactive ketones (excluding diaryl/α,β-unsaturated/α-hetero) is 1. The lowest BCUT2D eigenvalue weighted by atomic mass is 10.1. The van der Waals surface area contributed by atoms with E-state index in [-0.39, 0.29) is 17.4 Å². The number of hydrogen-bond acceptors (Lipinski definition) is 3. The topological polar surface area (TPSA) is 35.5 Å². The molecular weight excluding hydrogens is 295 g/mol. The normalized spacial score (nSPS) is 10.3. The molecule has 0 spiro atoms. The summed E-state index contributed by atoms with van der Waals surface area (Å²) in [7, 11) is 1.53. The first-order valence-corrected chi connectivity index (χ1v) is 6.64. The van der Waals surface area contributed by atoms with Gasteiger partial charge < -0.3 is 9.47 Å². The van der Waals surface area contributed by atoms with Crippen molar-refractivity contribution < 1.29 is 18.7 Å². The summed E-state index contributed by atoms with van der Waals surface area (Å²) in [6.07, 6.45) is 0. The van der Waals surface area contributed by atoms with E-state index in [1.54, 1.807) is 24.3 Å². The van der Waals surface area contributed by atoms with Gasteiger partial charge in [0.15, 0.2) is 5.78 Å². The largest absolute Gasteiger partial charge is 0.497 e. The molecule has 0 aliphatic rings. The predicted octanol–water partition coefficient (Wildman–Crippen LogP) is 4.27. The summed E-state index contributed by atoms with van der Waals surface area (Å²) in [5, 5.41) is 0.0357. The van der Waals surface area contributed by atoms with Crippen molar-refractivity contribution in [1.29, 1.82) is 0 Å². The summed E-state index contributed by atoms with van der Waals surface area (Å²) in [6, 6.07) is 9.33. The third kappa shape index (κ3) is 3.73. The molecule has 0 N–H and O–H groups in total. The summed E-state index contributed by atoms with van der Waals surface area (Å²) in [4.78, 5) is 11.6. The number of benzene rings is 2. The number of methoxy groups -OCH3 is 1. The first kappa shape index (κ1) is 15.3. The molecule has 0 radical (unpaired) electrons. The van der Waals surface area contributed by atoms with Crippen LogP contribution in [-0.2, 0) is 6.61 Å². The highest BCUT2D eigenvalue weighted by atomic mass is 35.5. The van der Waals surface area contributed by atoms with Crippen LogP contribution in [0.4, 0.5) is 4.39 Å². The molecule has 0 fully saturated rings. The number of ketones is 1. The van der Waals surface area contributed by atoms with Gasteiger partial charge in [-0.3, -0.25) is 4.79 Å². The SMILES string of the molecule is COc1ccc(C(C)=O)c(OCc2ccc(F)c(Cl)c2)c1. The lowest BCUT2D eigenvalue weighted by Crippen LogP contribution is -2.02. The summed E-state index contributed by atoms with van der Waals surface area (Å²) < 4.78 is 23.9. The fourth-order valence-electron chi connectivity index (χ4n) is 1.83. The van der Waals surface area contributed by atoms with Crippen LogP contribution in [0.5, 0.6) is 11.5 Å². The van der Waals surface area contributed by atoms with Crippen LogP contribution in [0.3, 0.4) is 0 Å². The van der Waals surface area contributed by atoms with E-state index in [4.69, 9.17) is 21.1 Å². The van der Waals surface area contributed by atoms with Gasteiger partial charge in [0.05, 0.1) is 17.7 Å². The van der Waals surface area contributed by atoms with Crippen LogP contribution >= 0.6 is 11.6 Å². The highest BCUT2D eigenvalue weighted by Gasteiger charge is 2.11. The second kappa shape index (κ2) is 6.59. The fourth-order valence-corrected chi connectivity index (χ4v) is 2.03. The van der Waals surface area contributed by atoms with Crippen molar-refractivity contribution in [2.75, 3.05) is 7.11 Å². The smallest absolute Gasteiger partial charge is 0.163 e. The molecule has 0 unspecified atom stereocenters. The number of carbonyl (C=O) groups excluding carboxylic acids is 1. The molecule has 5 heteroatoms. The monoisotopic (exact) mass is 308 g/mol. The molecule has 0 heterocycles. The van der Waals surface area contributed by atoms with E-state index in [9.17, 15) is 9.18 Å². The van der Waals surface area contributed by atoms with Gasteiger partial charge in [0.1, 0.15) is 23.9 Å². The quantitative estimate of drug-likeness (QED) is 0.774. The van der Waals surface area contributed by atoms with E-state index >= 15 is 0 Å². The van der Waals surface area contributed by atoms with Crippen molar-refractivity contribution in [1.82, 2.24) is 0 Å². The summed E-state index contributed by atoms with van der Waals surface area (Å²) in [5.74, 6) is 0.422. The average Bonchev–Trinajstić information content (AvgIpc) is 2.48. The van der Waals surface area contributed by atoms with Gasteiger partial charge in [0, 0.05) is 6.07 Å². The number of carbonyl (C=O) groups is 1. The maximum atomic E-state index is 13.1. The Balaban J connectivity index is 2.21. The van der Waals surface area contributed by atoms with E-state index in [2.05, 4.69) is 0 Å². The number of rotatable bonds is 5. The predicted molar refractivity (Wildman–Crippen MR) is 78.7 cm³/mol. The molecule has 0 aromatic heterocycles. The minimum atomic E-state index is -0.480. The van der Waals surface area contributed by atoms with E-state index < -0.39 is 5.82 Å². The van der Waals surface area contributed by atoms with Gasteiger partial charge in [-0.2, -0.15) is 0 Å². The minimum absolute atomic E-state index is 0.0357. The molecule has 0 amide bonds. The maximum absolute atomic E-state index is 13.1. The third-order valence-corrected chi connectivity index (χ3v) is 3.24. The van der Waals surface area contributed by atoms with Crippen molar-refractivity contribution >= 4 is 17.4 Å². The third-order valence-electron chi connectivity index (χ3n) is 2.95. The molecule has 2 rings (SSSR count). The van der Waals surface area contributed by atoms with Crippen LogP contribution in [0, 0.1) is 5.82 Å². The van der Waals surface area contributed by atoms with Gasteiger partial charge in [-0.1, -0.05) is 17.7 Å². The Labute approximate surface area is 127 Å². The van der Waals surface area contributed by atoms with Crippen molar-refractivity contribution in [2.24, 2.45) is 0 Å². The van der Waals surface area contributed by atoms with Crippen molar-refractivity contribution in [3.63, 3.8) is 0 Å². The van der Waals surface area contributed by atoms with E-state index in [0.717, 1.165) is 0 Å². The fraction of sp³-hybridized carbons (Fsp3) is 0.188. The molecule has 110 valence electrons. The number of hydrogen-bond donors (Lipinski definition) is 0. The number of halogens is 2. The summed E-state index contributed by atoms with van der Waals surface area (Å²) >= 11 is 5.72. The molecular formula is C16H14ClFO3. The Kier molecular flexibility index (Phi) is 4.81. The first-order valence-electron chi connectivity index (χ1n) is 6.27. The Morgan fingerprint density at radius 2 is 2.00 bits per heavy atom. The molecule has 21 heavy (non-hydrogen) atoms. The second-order valence-electron chi connectivity index (χ2n) is 4.46. The molecule has 0 bridgehead atoms. The molecule has 0 aliphatic carbocycles. The van der Waals surface area contributed by atoms with E-state index in [1.807, 2.05) is 0 Å². The standard InChI is InChI=1S/C16H14ClFO3/c1-10(19)13-5-4-12(20-2)8-16(13)21-9-11-3-6-15(18)14(17)7-11/h3-8H,9H2,1-2H3. The van der Waals surface area contributed by atoms with Crippen LogP contribution in [0.25, 0.3) is 0 Å². The molecule has 0 saturated heterocycles. The zero-order chi connectivity index (χ0) is 15.4. The summed E-state index contributed by atoms with van der Waals surface area (Å²) in [5.41, 5.74) is 1.17. The highest BCUT2D eigenvalue weighted by Crippen LogP contribution is 2.26. The molecule has 2 aromatic carbocycles. The van der Waals surface area contributed by atoms with Crippen molar-refractivity contribution in [2.45, 2.75) is 13.5 Å². The molecule has 3 nitrogen and oxygen atoms in total. The Morgan fingerprint density at radius 1 is 1.24 bits per heavy atom. The van der Waals surface area contributed by atoms with Gasteiger partial charge in [-0.05, 0) is 36.8 Å². The molecule has 2 aromatic rings. The summed E-state index contributed by atoms with van der Waals surface area (Å²) in [6.45, 7) is 1.64. The molecule has 0 atom stereocenters. The van der Waals surface area contributed by atoms with Gasteiger partial charge >= 0.3 is 0 Å². The van der Waals surface area contributed by atoms with Crippen molar-refractivity contribution in [3.8, 4) is 11.5 Å². The molecule has 0 saturated carbocycles. The Hall–Kier alpha value is -2.07. The zero-order valence-corrected chi connectivity index (χ0v) is 12.4. The van der Waals surface area contributed by atoms with Gasteiger partial charge in [-0.15, -0.1) is 0 Å². The van der Waals surface area contributed by atoms with E-state index in [0.29, 0.717) is 22.6 Å². The van der Waals surface area contributed by atoms with Crippen molar-refractivity contribution in [3.05, 3.63) is 58.4 Å². The van der Waals surface area contributed by atoms with Crippen LogP contribution in [0.2, 0.25) is 5.02 Å². The molecule has 0 aliphatic heterocycles. The minimum Gasteiger partial charge on any atom is -0.497 e. The van der Waals surface area contributed by atoms with Crippen LogP contribution in [-0.4, -0.2) is 12.9 Å². The van der Waals surface area contributed by atoms with Crippen LogP contribution < -0.4 is 9.47 Å². The second-order valence-corrected chi connectivity index (χ2v) is 4.86.